The lowest BCUT2D eigenvalue weighted by Gasteiger charge is -2.16. The Bertz CT molecular complexity index is 660. The number of halogens is 1. The second kappa shape index (κ2) is 6.70. The highest BCUT2D eigenvalue weighted by molar-refractivity contribution is 7.89. The van der Waals surface area contributed by atoms with E-state index in [1.807, 2.05) is 0 Å². The van der Waals surface area contributed by atoms with Gasteiger partial charge in [0.25, 0.3) is 10.0 Å². The molecule has 10 heteroatoms. The molecule has 0 aromatic carbocycles. The Morgan fingerprint density at radius 2 is 1.95 bits per heavy atom. The fraction of sp³-hybridized carbons (Fsp3) is 0.500. The smallest absolute Gasteiger partial charge is 0.307 e. The highest BCUT2D eigenvalue weighted by Crippen LogP contribution is 2.16. The van der Waals surface area contributed by atoms with Gasteiger partial charge in [-0.3, -0.25) is 0 Å². The van der Waals surface area contributed by atoms with Crippen molar-refractivity contribution in [2.24, 2.45) is 0 Å². The summed E-state index contributed by atoms with van der Waals surface area (Å²) in [6.45, 7) is 0.241. The second-order valence-corrected chi connectivity index (χ2v) is 7.92. The summed E-state index contributed by atoms with van der Waals surface area (Å²) < 4.78 is 52.0. The van der Waals surface area contributed by atoms with E-state index < -0.39 is 20.1 Å². The summed E-state index contributed by atoms with van der Waals surface area (Å²) in [6.07, 6.45) is 1.35. The van der Waals surface area contributed by atoms with Crippen LogP contribution in [0, 0.1) is 0 Å². The molecule has 0 atom stereocenters. The van der Waals surface area contributed by atoms with Crippen molar-refractivity contribution in [1.82, 2.24) is 9.29 Å². The van der Waals surface area contributed by atoms with Crippen LogP contribution in [0.5, 0.6) is 5.88 Å². The van der Waals surface area contributed by atoms with Crippen molar-refractivity contribution in [3.05, 3.63) is 18.2 Å². The highest BCUT2D eigenvalue weighted by atomic mass is 35.5. The first-order valence-corrected chi connectivity index (χ1v) is 9.35. The summed E-state index contributed by atoms with van der Waals surface area (Å²) in [7, 11) is -6.17. The van der Waals surface area contributed by atoms with E-state index in [2.05, 4.69) is 9.17 Å². The first-order valence-electron chi connectivity index (χ1n) is 5.55. The zero-order valence-corrected chi connectivity index (χ0v) is 13.4. The van der Waals surface area contributed by atoms with Gasteiger partial charge in [-0.1, -0.05) is 6.07 Å². The average Bonchev–Trinajstić information content (AvgIpc) is 2.34. The largest absolute Gasteiger partial charge is 0.362 e. The third-order valence-electron chi connectivity index (χ3n) is 2.22. The Hall–Kier alpha value is -0.900. The molecule has 0 radical (unpaired) electrons. The van der Waals surface area contributed by atoms with Crippen molar-refractivity contribution in [2.75, 3.05) is 25.7 Å². The van der Waals surface area contributed by atoms with E-state index in [1.165, 1.54) is 25.2 Å². The number of alkyl halides is 1. The zero-order chi connectivity index (χ0) is 15.4. The van der Waals surface area contributed by atoms with Gasteiger partial charge in [0.05, 0.1) is 6.26 Å². The Kier molecular flexibility index (Phi) is 5.75. The normalized spacial score (nSPS) is 12.6. The van der Waals surface area contributed by atoms with Crippen LogP contribution in [0.25, 0.3) is 0 Å². The molecule has 114 valence electrons. The molecule has 0 N–H and O–H groups in total. The van der Waals surface area contributed by atoms with Crippen LogP contribution in [0.3, 0.4) is 0 Å². The number of hydrogen-bond donors (Lipinski definition) is 0. The molecule has 0 aliphatic rings. The molecule has 1 rings (SSSR count). The lowest BCUT2D eigenvalue weighted by Crippen LogP contribution is -2.29. The van der Waals surface area contributed by atoms with E-state index in [1.54, 1.807) is 0 Å². The maximum Gasteiger partial charge on any atom is 0.307 e. The monoisotopic (exact) mass is 342 g/mol. The van der Waals surface area contributed by atoms with Gasteiger partial charge in [-0.05, 0) is 12.5 Å². The molecule has 0 amide bonds. The summed E-state index contributed by atoms with van der Waals surface area (Å²) in [5.74, 6) is 0.0455. The Morgan fingerprint density at radius 3 is 2.50 bits per heavy atom. The van der Waals surface area contributed by atoms with Crippen molar-refractivity contribution >= 4 is 31.7 Å². The second-order valence-electron chi connectivity index (χ2n) is 3.97. The zero-order valence-electron chi connectivity index (χ0n) is 11.0. The molecule has 1 aromatic heterocycles. The van der Waals surface area contributed by atoms with Gasteiger partial charge in [0.15, 0.2) is 5.03 Å². The molecule has 1 aromatic rings. The predicted molar refractivity (Wildman–Crippen MR) is 74.9 cm³/mol. The summed E-state index contributed by atoms with van der Waals surface area (Å²) in [6, 6.07) is 3.89. The van der Waals surface area contributed by atoms with Crippen LogP contribution in [-0.2, 0) is 20.1 Å². The van der Waals surface area contributed by atoms with E-state index in [0.717, 1.165) is 10.6 Å². The number of nitrogens with zero attached hydrogens (tertiary/aromatic N) is 2. The Morgan fingerprint density at radius 1 is 1.30 bits per heavy atom. The van der Waals surface area contributed by atoms with Crippen molar-refractivity contribution < 1.29 is 21.0 Å². The molecule has 7 nitrogen and oxygen atoms in total. The molecule has 1 heterocycles. The van der Waals surface area contributed by atoms with E-state index in [9.17, 15) is 16.8 Å². The molecule has 0 spiro atoms. The molecule has 0 saturated heterocycles. The number of aromatic nitrogens is 1. The molecule has 0 saturated carbocycles. The van der Waals surface area contributed by atoms with Crippen LogP contribution in [0.15, 0.2) is 23.2 Å². The molecule has 0 fully saturated rings. The minimum Gasteiger partial charge on any atom is -0.362 e. The van der Waals surface area contributed by atoms with Crippen LogP contribution in [0.2, 0.25) is 0 Å². The van der Waals surface area contributed by atoms with Gasteiger partial charge in [-0.25, -0.2) is 8.42 Å². The topological polar surface area (TPSA) is 93.6 Å². The van der Waals surface area contributed by atoms with Gasteiger partial charge in [-0.2, -0.15) is 17.7 Å². The van der Waals surface area contributed by atoms with Crippen molar-refractivity contribution in [2.45, 2.75) is 11.4 Å². The molecule has 0 bridgehead atoms. The summed E-state index contributed by atoms with van der Waals surface area (Å²) in [5.41, 5.74) is 0. The molecule has 0 aliphatic carbocycles. The first kappa shape index (κ1) is 17.2. The molecular weight excluding hydrogens is 328 g/mol. The number of sulfonamides is 1. The minimum atomic E-state index is -3.80. The predicted octanol–water partition coefficient (Wildman–Crippen LogP) is 0.669. The van der Waals surface area contributed by atoms with Gasteiger partial charge < -0.3 is 4.18 Å². The minimum absolute atomic E-state index is 0.241. The lowest BCUT2D eigenvalue weighted by atomic mass is 10.5. The highest BCUT2D eigenvalue weighted by Gasteiger charge is 2.22. The molecule has 0 aliphatic heterocycles. The molecule has 0 unspecified atom stereocenters. The first-order chi connectivity index (χ1) is 9.16. The summed E-state index contributed by atoms with van der Waals surface area (Å²) in [4.78, 5) is 3.69. The van der Waals surface area contributed by atoms with Crippen LogP contribution in [0.1, 0.15) is 6.42 Å². The average molecular weight is 343 g/mol. The lowest BCUT2D eigenvalue weighted by molar-refractivity contribution is 0.459. The van der Waals surface area contributed by atoms with Crippen molar-refractivity contribution in [3.63, 3.8) is 0 Å². The van der Waals surface area contributed by atoms with E-state index in [0.29, 0.717) is 12.3 Å². The number of hydrogen-bond acceptors (Lipinski definition) is 6. The quantitative estimate of drug-likeness (QED) is 0.534. The van der Waals surface area contributed by atoms with Gasteiger partial charge in [-0.15, -0.1) is 11.6 Å². The van der Waals surface area contributed by atoms with Crippen LogP contribution in [-0.4, -0.2) is 51.9 Å². The maximum absolute atomic E-state index is 12.2. The number of rotatable bonds is 7. The Labute approximate surface area is 123 Å². The van der Waals surface area contributed by atoms with E-state index in [-0.39, 0.29) is 17.5 Å². The van der Waals surface area contributed by atoms with Crippen LogP contribution >= 0.6 is 11.6 Å². The van der Waals surface area contributed by atoms with Gasteiger partial charge >= 0.3 is 10.1 Å². The SMILES string of the molecule is CN(CCCCl)S(=O)(=O)c1cccc(OS(C)(=O)=O)n1. The van der Waals surface area contributed by atoms with Crippen molar-refractivity contribution in [1.29, 1.82) is 0 Å². The molecule has 20 heavy (non-hydrogen) atoms. The third-order valence-corrected chi connectivity index (χ3v) is 4.72. The summed E-state index contributed by atoms with van der Waals surface area (Å²) >= 11 is 5.52. The van der Waals surface area contributed by atoms with Crippen LogP contribution < -0.4 is 4.18 Å². The maximum atomic E-state index is 12.2. The van der Waals surface area contributed by atoms with Gasteiger partial charge in [0.1, 0.15) is 0 Å². The fourth-order valence-electron chi connectivity index (χ4n) is 1.30. The number of pyridine rings is 1. The van der Waals surface area contributed by atoms with E-state index >= 15 is 0 Å². The fourth-order valence-corrected chi connectivity index (χ4v) is 2.97. The molecular formula is C10H15ClN2O5S2. The summed E-state index contributed by atoms with van der Waals surface area (Å²) in [5, 5.41) is -0.282. The standard InChI is InChI=1S/C10H15ClN2O5S2/c1-13(8-4-7-11)20(16,17)10-6-3-5-9(12-10)18-19(2,14)15/h3,5-6H,4,7-8H2,1-2H3. The Balaban J connectivity index is 3.04. The third kappa shape index (κ3) is 4.89. The van der Waals surface area contributed by atoms with Crippen molar-refractivity contribution in [3.8, 4) is 5.88 Å². The van der Waals surface area contributed by atoms with Gasteiger partial charge in [0, 0.05) is 25.5 Å². The van der Waals surface area contributed by atoms with E-state index in [4.69, 9.17) is 11.6 Å². The van der Waals surface area contributed by atoms with Gasteiger partial charge in [0.2, 0.25) is 5.88 Å². The van der Waals surface area contributed by atoms with Crippen LogP contribution in [0.4, 0.5) is 0 Å².